The van der Waals surface area contributed by atoms with E-state index >= 15 is 0 Å². The first-order chi connectivity index (χ1) is 18.3. The first-order valence-corrected chi connectivity index (χ1v) is 12.7. The monoisotopic (exact) mass is 549 g/mol. The number of amides is 2. The average molecular weight is 550 g/mol. The Bertz CT molecular complexity index is 1460. The second-order valence-corrected chi connectivity index (χ2v) is 11.1. The molecule has 1 aliphatic carbocycles. The van der Waals surface area contributed by atoms with Crippen molar-refractivity contribution in [3.8, 4) is 11.5 Å². The van der Waals surface area contributed by atoms with Gasteiger partial charge in [0.25, 0.3) is 0 Å². The standard InChI is InChI=1S/C28H31F2N3O6.3H2/c1-26(2,3)23-12-16-11-18(6-7-20(16)33(23)15-19(34)14-31-25(36)37-4)32-24(35)27(9-10-27)17-5-8-21-22(13-17)39-28(29,30)38-21;;;/h5-8,11-13,19,34H,9-10,14-15H2,1-4H3,(H,31,36)(H,32,35);3*1H/t19-;;;/m0.../s1. The topological polar surface area (TPSA) is 111 Å². The van der Waals surface area contributed by atoms with Crippen LogP contribution in [0.1, 0.15) is 49.2 Å². The number of nitrogens with one attached hydrogen (secondary N) is 2. The minimum atomic E-state index is -3.72. The molecule has 0 radical (unpaired) electrons. The number of carbonyl (C=O) groups is 2. The molecular weight excluding hydrogens is 512 g/mol. The number of aliphatic hydroxyl groups excluding tert-OH is 1. The van der Waals surface area contributed by atoms with Crippen LogP contribution in [-0.4, -0.2) is 47.7 Å². The molecule has 2 aliphatic rings. The quantitative estimate of drug-likeness (QED) is 0.365. The fourth-order valence-electron chi connectivity index (χ4n) is 4.98. The molecule has 1 aliphatic heterocycles. The van der Waals surface area contributed by atoms with Gasteiger partial charge >= 0.3 is 12.4 Å². The Morgan fingerprint density at radius 3 is 2.51 bits per heavy atom. The summed E-state index contributed by atoms with van der Waals surface area (Å²) in [5, 5.41) is 16.9. The van der Waals surface area contributed by atoms with Gasteiger partial charge < -0.3 is 34.5 Å². The molecule has 2 amide bonds. The van der Waals surface area contributed by atoms with Gasteiger partial charge in [-0.1, -0.05) is 26.8 Å². The summed E-state index contributed by atoms with van der Waals surface area (Å²) in [5.41, 5.74) is 1.96. The van der Waals surface area contributed by atoms with E-state index in [1.165, 1.54) is 19.2 Å². The van der Waals surface area contributed by atoms with Gasteiger partial charge in [0.2, 0.25) is 5.91 Å². The van der Waals surface area contributed by atoms with E-state index in [0.717, 1.165) is 16.6 Å². The number of alkyl halides is 2. The van der Waals surface area contributed by atoms with E-state index in [-0.39, 0.29) is 40.2 Å². The maximum absolute atomic E-state index is 13.5. The van der Waals surface area contributed by atoms with Crippen LogP contribution in [0.5, 0.6) is 11.5 Å². The summed E-state index contributed by atoms with van der Waals surface area (Å²) in [4.78, 5) is 24.8. The molecule has 0 spiro atoms. The molecule has 11 heteroatoms. The summed E-state index contributed by atoms with van der Waals surface area (Å²) in [5.74, 6) is -0.374. The highest BCUT2D eigenvalue weighted by atomic mass is 19.3. The van der Waals surface area contributed by atoms with Gasteiger partial charge in [-0.3, -0.25) is 4.79 Å². The van der Waals surface area contributed by atoms with Crippen LogP contribution >= 0.6 is 0 Å². The number of benzene rings is 2. The fraction of sp³-hybridized carbons (Fsp3) is 0.429. The molecule has 1 aromatic heterocycles. The van der Waals surface area contributed by atoms with Crippen LogP contribution < -0.4 is 20.1 Å². The predicted octanol–water partition coefficient (Wildman–Crippen LogP) is 5.39. The maximum Gasteiger partial charge on any atom is 0.586 e. The molecule has 9 nitrogen and oxygen atoms in total. The van der Waals surface area contributed by atoms with Crippen molar-refractivity contribution in [1.29, 1.82) is 0 Å². The summed E-state index contributed by atoms with van der Waals surface area (Å²) in [7, 11) is 1.26. The van der Waals surface area contributed by atoms with E-state index in [9.17, 15) is 23.5 Å². The van der Waals surface area contributed by atoms with Crippen molar-refractivity contribution in [2.45, 2.75) is 63.4 Å². The van der Waals surface area contributed by atoms with E-state index in [4.69, 9.17) is 0 Å². The molecule has 2 aromatic carbocycles. The van der Waals surface area contributed by atoms with E-state index in [2.05, 4.69) is 45.6 Å². The molecule has 0 saturated heterocycles. The molecule has 3 aromatic rings. The predicted molar refractivity (Wildman–Crippen MR) is 146 cm³/mol. The van der Waals surface area contributed by atoms with Gasteiger partial charge in [0, 0.05) is 38.5 Å². The molecule has 1 saturated carbocycles. The van der Waals surface area contributed by atoms with Crippen molar-refractivity contribution in [2.75, 3.05) is 19.0 Å². The van der Waals surface area contributed by atoms with Crippen LogP contribution in [0.2, 0.25) is 0 Å². The first kappa shape index (κ1) is 26.7. The number of halogens is 2. The fourth-order valence-corrected chi connectivity index (χ4v) is 4.98. The Balaban J connectivity index is 0.00000205. The minimum absolute atomic E-state index is 0. The Hall–Kier alpha value is -3.86. The smallest absolute Gasteiger partial charge is 0.453 e. The van der Waals surface area contributed by atoms with Crippen molar-refractivity contribution >= 4 is 28.6 Å². The van der Waals surface area contributed by atoms with Crippen molar-refractivity contribution in [1.82, 2.24) is 9.88 Å². The molecule has 39 heavy (non-hydrogen) atoms. The highest BCUT2D eigenvalue weighted by Gasteiger charge is 2.52. The van der Waals surface area contributed by atoms with Gasteiger partial charge in [0.1, 0.15) is 0 Å². The van der Waals surface area contributed by atoms with Gasteiger partial charge in [0.05, 0.1) is 25.2 Å². The van der Waals surface area contributed by atoms with Crippen molar-refractivity contribution in [3.63, 3.8) is 0 Å². The number of alkyl carbamates (subject to hydrolysis) is 1. The summed E-state index contributed by atoms with van der Waals surface area (Å²) in [6.07, 6.45) is -4.02. The van der Waals surface area contributed by atoms with Crippen LogP contribution in [0.3, 0.4) is 0 Å². The van der Waals surface area contributed by atoms with Crippen LogP contribution in [0.4, 0.5) is 19.3 Å². The maximum atomic E-state index is 13.5. The van der Waals surface area contributed by atoms with E-state index in [1.807, 2.05) is 22.8 Å². The molecule has 2 heterocycles. The number of nitrogens with zero attached hydrogens (tertiary/aromatic N) is 1. The number of aliphatic hydroxyl groups is 1. The van der Waals surface area contributed by atoms with Crippen LogP contribution in [0.15, 0.2) is 42.5 Å². The zero-order valence-electron chi connectivity index (χ0n) is 22.1. The molecule has 5 rings (SSSR count). The Morgan fingerprint density at radius 2 is 1.85 bits per heavy atom. The number of fused-ring (bicyclic) bond motifs is 2. The normalized spacial score (nSPS) is 17.5. The molecule has 0 unspecified atom stereocenters. The number of carbonyl (C=O) groups excluding carboxylic acids is 2. The summed E-state index contributed by atoms with van der Waals surface area (Å²) < 4.78 is 42.5. The highest BCUT2D eigenvalue weighted by Crippen LogP contribution is 2.52. The average Bonchev–Trinajstić information content (AvgIpc) is 3.51. The zero-order chi connectivity index (χ0) is 28.2. The van der Waals surface area contributed by atoms with Crippen LogP contribution in [0, 0.1) is 0 Å². The van der Waals surface area contributed by atoms with Crippen LogP contribution in [-0.2, 0) is 26.9 Å². The van der Waals surface area contributed by atoms with Gasteiger partial charge in [-0.2, -0.15) is 0 Å². The van der Waals surface area contributed by atoms with Crippen molar-refractivity contribution in [3.05, 3.63) is 53.7 Å². The number of ether oxygens (including phenoxy) is 3. The zero-order valence-corrected chi connectivity index (χ0v) is 22.1. The number of rotatable bonds is 7. The summed E-state index contributed by atoms with van der Waals surface area (Å²) in [6, 6.07) is 12.0. The molecule has 3 N–H and O–H groups in total. The molecule has 1 fully saturated rings. The van der Waals surface area contributed by atoms with Crippen molar-refractivity contribution in [2.24, 2.45) is 0 Å². The summed E-state index contributed by atoms with van der Waals surface area (Å²) in [6.45, 7) is 6.48. The minimum Gasteiger partial charge on any atom is -0.453 e. The number of anilines is 1. The second kappa shape index (κ2) is 9.41. The van der Waals surface area contributed by atoms with Gasteiger partial charge in [-0.05, 0) is 54.8 Å². The van der Waals surface area contributed by atoms with Gasteiger partial charge in [-0.25, -0.2) is 4.79 Å². The Labute approximate surface area is 228 Å². The Morgan fingerprint density at radius 1 is 1.13 bits per heavy atom. The molecule has 1 atom stereocenters. The van der Waals surface area contributed by atoms with E-state index in [1.54, 1.807) is 12.1 Å². The lowest BCUT2D eigenvalue weighted by Crippen LogP contribution is -2.35. The number of hydrogen-bond donors (Lipinski definition) is 3. The van der Waals surface area contributed by atoms with Gasteiger partial charge in [0.15, 0.2) is 11.5 Å². The molecular formula is C28H37F2N3O6. The third-order valence-corrected chi connectivity index (χ3v) is 7.13. The number of aromatic nitrogens is 1. The summed E-state index contributed by atoms with van der Waals surface area (Å²) >= 11 is 0. The number of hydrogen-bond acceptors (Lipinski definition) is 6. The third-order valence-electron chi connectivity index (χ3n) is 7.13. The SMILES string of the molecule is COC(=O)NC[C@H](O)Cn1c(C(C)(C)C)cc2cc(NC(=O)C3(c4ccc5c(c4)OC(F)(F)O5)CC3)ccc21.[HH].[HH].[HH]. The molecule has 214 valence electrons. The van der Waals surface area contributed by atoms with Crippen molar-refractivity contribution < 1.29 is 42.0 Å². The van der Waals surface area contributed by atoms with E-state index in [0.29, 0.717) is 24.1 Å². The second-order valence-electron chi connectivity index (χ2n) is 11.1. The lowest BCUT2D eigenvalue weighted by atomic mass is 9.92. The molecule has 0 bridgehead atoms. The third kappa shape index (κ3) is 5.23. The lowest BCUT2D eigenvalue weighted by molar-refractivity contribution is -0.286. The van der Waals surface area contributed by atoms with Gasteiger partial charge in [-0.15, -0.1) is 8.78 Å². The number of methoxy groups -OCH3 is 1. The largest absolute Gasteiger partial charge is 0.586 e. The Kier molecular flexibility index (Phi) is 6.45. The lowest BCUT2D eigenvalue weighted by Gasteiger charge is -2.24. The highest BCUT2D eigenvalue weighted by molar-refractivity contribution is 6.02. The van der Waals surface area contributed by atoms with E-state index < -0.39 is 23.9 Å². The van der Waals surface area contributed by atoms with Crippen LogP contribution in [0.25, 0.3) is 10.9 Å². The first-order valence-electron chi connectivity index (χ1n) is 12.7.